The van der Waals surface area contributed by atoms with Crippen LogP contribution >= 0.6 is 0 Å². The number of carbonyl (C=O) groups excluding carboxylic acids is 2. The van der Waals surface area contributed by atoms with Crippen LogP contribution in [0.3, 0.4) is 0 Å². The fourth-order valence-corrected chi connectivity index (χ4v) is 1.57. The molecule has 0 aromatic heterocycles. The highest BCUT2D eigenvalue weighted by atomic mass is 19.4. The zero-order valence-electron chi connectivity index (χ0n) is 10.3. The molecular formula is C10H16F3N3O3. The summed E-state index contributed by atoms with van der Waals surface area (Å²) in [5.41, 5.74) is 0. The van der Waals surface area contributed by atoms with Crippen molar-refractivity contribution in [3.05, 3.63) is 0 Å². The maximum absolute atomic E-state index is 11.8. The van der Waals surface area contributed by atoms with Crippen LogP contribution in [0.15, 0.2) is 0 Å². The molecule has 0 aliphatic carbocycles. The van der Waals surface area contributed by atoms with Crippen LogP contribution < -0.4 is 16.0 Å². The highest BCUT2D eigenvalue weighted by Gasteiger charge is 2.29. The molecule has 1 aliphatic rings. The van der Waals surface area contributed by atoms with E-state index in [0.717, 1.165) is 0 Å². The van der Waals surface area contributed by atoms with Gasteiger partial charge in [-0.3, -0.25) is 9.59 Å². The summed E-state index contributed by atoms with van der Waals surface area (Å²) in [6.07, 6.45) is -4.82. The Morgan fingerprint density at radius 3 is 2.63 bits per heavy atom. The van der Waals surface area contributed by atoms with E-state index in [1.54, 1.807) is 12.2 Å². The van der Waals surface area contributed by atoms with Crippen molar-refractivity contribution in [2.24, 2.45) is 0 Å². The Hall–Kier alpha value is -1.35. The Bertz CT molecular complexity index is 336. The van der Waals surface area contributed by atoms with Crippen LogP contribution in [0, 0.1) is 0 Å². The van der Waals surface area contributed by atoms with E-state index in [2.05, 4.69) is 10.6 Å². The van der Waals surface area contributed by atoms with Crippen LogP contribution in [0.1, 0.15) is 6.92 Å². The van der Waals surface area contributed by atoms with Crippen molar-refractivity contribution in [1.82, 2.24) is 16.0 Å². The van der Waals surface area contributed by atoms with Gasteiger partial charge in [0.2, 0.25) is 11.8 Å². The van der Waals surface area contributed by atoms with Gasteiger partial charge in [0, 0.05) is 6.54 Å². The third-order valence-electron chi connectivity index (χ3n) is 2.51. The van der Waals surface area contributed by atoms with Gasteiger partial charge < -0.3 is 20.7 Å². The van der Waals surface area contributed by atoms with Crippen LogP contribution in [-0.4, -0.2) is 56.4 Å². The van der Waals surface area contributed by atoms with Gasteiger partial charge in [0.1, 0.15) is 12.6 Å². The lowest BCUT2D eigenvalue weighted by atomic mass is 10.1. The van der Waals surface area contributed by atoms with E-state index in [-0.39, 0.29) is 6.10 Å². The van der Waals surface area contributed by atoms with Crippen molar-refractivity contribution in [3.63, 3.8) is 0 Å². The minimum Gasteiger partial charge on any atom is -0.375 e. The maximum Gasteiger partial charge on any atom is 0.405 e. The molecule has 0 saturated carbocycles. The minimum atomic E-state index is -4.47. The number of rotatable bonds is 4. The Kier molecular flexibility index (Phi) is 5.55. The number of amides is 2. The number of ether oxygens (including phenoxy) is 1. The molecule has 0 aromatic rings. The topological polar surface area (TPSA) is 79.5 Å². The molecule has 2 amide bonds. The monoisotopic (exact) mass is 283 g/mol. The van der Waals surface area contributed by atoms with Crippen molar-refractivity contribution in [3.8, 4) is 0 Å². The molecule has 0 aromatic carbocycles. The van der Waals surface area contributed by atoms with Crippen molar-refractivity contribution in [2.45, 2.75) is 25.2 Å². The van der Waals surface area contributed by atoms with Crippen molar-refractivity contribution in [1.29, 1.82) is 0 Å². The fraction of sp³-hybridized carbons (Fsp3) is 0.800. The number of nitrogens with one attached hydrogen (secondary N) is 3. The molecular weight excluding hydrogens is 267 g/mol. The number of hydrogen-bond donors (Lipinski definition) is 3. The molecule has 2 atom stereocenters. The summed E-state index contributed by atoms with van der Waals surface area (Å²) >= 11 is 0. The van der Waals surface area contributed by atoms with Crippen LogP contribution in [0.2, 0.25) is 0 Å². The molecule has 1 aliphatic heterocycles. The first-order valence-electron chi connectivity index (χ1n) is 5.76. The molecule has 110 valence electrons. The third kappa shape index (κ3) is 5.88. The summed E-state index contributed by atoms with van der Waals surface area (Å²) in [6.45, 7) is 0.766. The summed E-state index contributed by atoms with van der Waals surface area (Å²) in [5, 5.41) is 6.82. The molecule has 6 nitrogen and oxygen atoms in total. The van der Waals surface area contributed by atoms with Crippen LogP contribution in [0.25, 0.3) is 0 Å². The Balaban J connectivity index is 2.27. The van der Waals surface area contributed by atoms with E-state index >= 15 is 0 Å². The van der Waals surface area contributed by atoms with Gasteiger partial charge >= 0.3 is 6.18 Å². The quantitative estimate of drug-likeness (QED) is 0.628. The normalized spacial score (nSPS) is 23.8. The zero-order chi connectivity index (χ0) is 14.5. The lowest BCUT2D eigenvalue weighted by Crippen LogP contribution is -2.56. The zero-order valence-corrected chi connectivity index (χ0v) is 10.3. The van der Waals surface area contributed by atoms with Crippen molar-refractivity contribution < 1.29 is 27.5 Å². The Morgan fingerprint density at radius 1 is 1.37 bits per heavy atom. The van der Waals surface area contributed by atoms with E-state index in [1.807, 2.05) is 0 Å². The van der Waals surface area contributed by atoms with Crippen molar-refractivity contribution >= 4 is 11.8 Å². The van der Waals surface area contributed by atoms with Gasteiger partial charge in [-0.15, -0.1) is 0 Å². The molecule has 3 N–H and O–H groups in total. The van der Waals surface area contributed by atoms with E-state index in [9.17, 15) is 22.8 Å². The predicted molar refractivity (Wildman–Crippen MR) is 59.3 cm³/mol. The van der Waals surface area contributed by atoms with Gasteiger partial charge in [-0.2, -0.15) is 13.2 Å². The number of carbonyl (C=O) groups is 2. The summed E-state index contributed by atoms with van der Waals surface area (Å²) in [6, 6.07) is -0.607. The lowest BCUT2D eigenvalue weighted by molar-refractivity contribution is -0.139. The summed E-state index contributed by atoms with van der Waals surface area (Å²) in [5.74, 6) is -1.37. The summed E-state index contributed by atoms with van der Waals surface area (Å²) in [4.78, 5) is 22.7. The van der Waals surface area contributed by atoms with Gasteiger partial charge in [-0.1, -0.05) is 0 Å². The highest BCUT2D eigenvalue weighted by molar-refractivity contribution is 5.87. The average molecular weight is 283 g/mol. The third-order valence-corrected chi connectivity index (χ3v) is 2.51. The number of halogens is 3. The van der Waals surface area contributed by atoms with E-state index < -0.39 is 37.1 Å². The first-order chi connectivity index (χ1) is 8.79. The van der Waals surface area contributed by atoms with Crippen LogP contribution in [0.4, 0.5) is 13.2 Å². The van der Waals surface area contributed by atoms with Gasteiger partial charge in [0.05, 0.1) is 19.3 Å². The lowest BCUT2D eigenvalue weighted by Gasteiger charge is -2.29. The van der Waals surface area contributed by atoms with E-state index in [4.69, 9.17) is 4.74 Å². The smallest absolute Gasteiger partial charge is 0.375 e. The number of morpholine rings is 1. The predicted octanol–water partition coefficient (Wildman–Crippen LogP) is -0.842. The van der Waals surface area contributed by atoms with Gasteiger partial charge in [0.25, 0.3) is 0 Å². The standard InChI is InChI=1S/C10H16F3N3O3/c1-6-8(14-2-3-19-6)9(18)15-4-7(17)16-5-10(11,12)13/h6,8,14H,2-5H2,1H3,(H,15,18)(H,16,17)/t6-,8+/m1/s1. The molecule has 1 saturated heterocycles. The maximum atomic E-state index is 11.8. The first kappa shape index (κ1) is 15.7. The molecule has 1 rings (SSSR count). The second-order valence-corrected chi connectivity index (χ2v) is 4.12. The molecule has 1 fully saturated rings. The second kappa shape index (κ2) is 6.71. The minimum absolute atomic E-state index is 0.355. The SMILES string of the molecule is C[C@H]1OCCN[C@@H]1C(=O)NCC(=O)NCC(F)(F)F. The number of hydrogen-bond acceptors (Lipinski definition) is 4. The molecule has 1 heterocycles. The van der Waals surface area contributed by atoms with Gasteiger partial charge in [0.15, 0.2) is 0 Å². The molecule has 0 spiro atoms. The van der Waals surface area contributed by atoms with Crippen LogP contribution in [-0.2, 0) is 14.3 Å². The molecule has 0 bridgehead atoms. The first-order valence-corrected chi connectivity index (χ1v) is 5.76. The molecule has 0 unspecified atom stereocenters. The second-order valence-electron chi connectivity index (χ2n) is 4.12. The van der Waals surface area contributed by atoms with E-state index in [1.165, 1.54) is 0 Å². The fourth-order valence-electron chi connectivity index (χ4n) is 1.57. The summed E-state index contributed by atoms with van der Waals surface area (Å²) in [7, 11) is 0. The van der Waals surface area contributed by atoms with E-state index in [0.29, 0.717) is 13.2 Å². The molecule has 19 heavy (non-hydrogen) atoms. The Morgan fingerprint density at radius 2 is 2.05 bits per heavy atom. The largest absolute Gasteiger partial charge is 0.405 e. The number of alkyl halides is 3. The van der Waals surface area contributed by atoms with Gasteiger partial charge in [-0.05, 0) is 6.92 Å². The molecule has 0 radical (unpaired) electrons. The molecule has 9 heteroatoms. The highest BCUT2D eigenvalue weighted by Crippen LogP contribution is 2.11. The van der Waals surface area contributed by atoms with Crippen LogP contribution in [0.5, 0.6) is 0 Å². The summed E-state index contributed by atoms with van der Waals surface area (Å²) < 4.78 is 40.7. The van der Waals surface area contributed by atoms with Crippen molar-refractivity contribution in [2.75, 3.05) is 26.2 Å². The van der Waals surface area contributed by atoms with Gasteiger partial charge in [-0.25, -0.2) is 0 Å². The Labute approximate surface area is 108 Å². The average Bonchev–Trinajstić information content (AvgIpc) is 2.33.